The molecule has 104 valence electrons. The summed E-state index contributed by atoms with van der Waals surface area (Å²) in [6, 6.07) is 6.51. The fourth-order valence-electron chi connectivity index (χ4n) is 2.06. The van der Waals surface area contributed by atoms with E-state index in [4.69, 9.17) is 0 Å². The fourth-order valence-corrected chi connectivity index (χ4v) is 2.69. The maximum atomic E-state index is 12.0. The molecule has 1 aliphatic rings. The van der Waals surface area contributed by atoms with Crippen LogP contribution in [0.4, 0.5) is 0 Å². The Balaban J connectivity index is 2.01. The van der Waals surface area contributed by atoms with E-state index in [2.05, 4.69) is 5.32 Å². The molecule has 0 spiro atoms. The van der Waals surface area contributed by atoms with Crippen molar-refractivity contribution in [2.45, 2.75) is 11.3 Å². The number of piperazine rings is 1. The number of sulfone groups is 1. The van der Waals surface area contributed by atoms with Crippen molar-refractivity contribution in [2.75, 3.05) is 32.4 Å². The molecule has 5 nitrogen and oxygen atoms in total. The Kier molecular flexibility index (Phi) is 4.21. The third kappa shape index (κ3) is 3.78. The summed E-state index contributed by atoms with van der Waals surface area (Å²) >= 11 is 0. The summed E-state index contributed by atoms with van der Waals surface area (Å²) in [5, 5.41) is 3.20. The van der Waals surface area contributed by atoms with Gasteiger partial charge in [-0.25, -0.2) is 8.42 Å². The van der Waals surface area contributed by atoms with Crippen LogP contribution in [0.3, 0.4) is 0 Å². The minimum absolute atomic E-state index is 0.0913. The predicted octanol–water partition coefficient (Wildman–Crippen LogP) is 0.0644. The summed E-state index contributed by atoms with van der Waals surface area (Å²) < 4.78 is 22.7. The second-order valence-corrected chi connectivity index (χ2v) is 6.74. The van der Waals surface area contributed by atoms with Gasteiger partial charge in [-0.15, -0.1) is 0 Å². The second-order valence-electron chi connectivity index (χ2n) is 4.72. The van der Waals surface area contributed by atoms with Crippen LogP contribution < -0.4 is 5.32 Å². The van der Waals surface area contributed by atoms with Crippen LogP contribution in [0.15, 0.2) is 29.2 Å². The lowest BCUT2D eigenvalue weighted by Gasteiger charge is -2.27. The summed E-state index contributed by atoms with van der Waals surface area (Å²) in [5.74, 6) is 0.0913. The van der Waals surface area contributed by atoms with E-state index in [-0.39, 0.29) is 10.8 Å². The molecule has 6 heteroatoms. The zero-order chi connectivity index (χ0) is 13.9. The van der Waals surface area contributed by atoms with Crippen LogP contribution in [-0.2, 0) is 21.1 Å². The number of hydrogen-bond donors (Lipinski definition) is 1. The van der Waals surface area contributed by atoms with E-state index in [9.17, 15) is 13.2 Å². The van der Waals surface area contributed by atoms with Crippen molar-refractivity contribution in [3.8, 4) is 0 Å². The van der Waals surface area contributed by atoms with Crippen molar-refractivity contribution in [3.63, 3.8) is 0 Å². The summed E-state index contributed by atoms with van der Waals surface area (Å²) in [6.07, 6.45) is 1.50. The molecular formula is C13H18N2O3S. The molecule has 0 radical (unpaired) electrons. The number of nitrogens with zero attached hydrogens (tertiary/aromatic N) is 1. The van der Waals surface area contributed by atoms with Gasteiger partial charge in [0.1, 0.15) is 0 Å². The van der Waals surface area contributed by atoms with Crippen LogP contribution in [-0.4, -0.2) is 51.7 Å². The van der Waals surface area contributed by atoms with Gasteiger partial charge in [-0.3, -0.25) is 4.79 Å². The third-order valence-corrected chi connectivity index (χ3v) is 4.31. The van der Waals surface area contributed by atoms with Gasteiger partial charge < -0.3 is 10.2 Å². The normalized spacial score (nSPS) is 16.4. The first kappa shape index (κ1) is 14.0. The molecule has 1 aliphatic heterocycles. The number of amides is 1. The van der Waals surface area contributed by atoms with Crippen LogP contribution in [0.1, 0.15) is 5.56 Å². The number of rotatable bonds is 3. The predicted molar refractivity (Wildman–Crippen MR) is 72.7 cm³/mol. The fraction of sp³-hybridized carbons (Fsp3) is 0.462. The smallest absolute Gasteiger partial charge is 0.227 e. The van der Waals surface area contributed by atoms with Gasteiger partial charge in [-0.1, -0.05) is 12.1 Å². The van der Waals surface area contributed by atoms with E-state index in [1.807, 2.05) is 4.90 Å². The molecule has 1 aromatic rings. The average Bonchev–Trinajstić information content (AvgIpc) is 2.39. The quantitative estimate of drug-likeness (QED) is 0.851. The maximum Gasteiger partial charge on any atom is 0.227 e. The zero-order valence-electron chi connectivity index (χ0n) is 10.9. The van der Waals surface area contributed by atoms with Crippen LogP contribution in [0.25, 0.3) is 0 Å². The number of hydrogen-bond acceptors (Lipinski definition) is 4. The number of nitrogens with one attached hydrogen (secondary N) is 1. The molecule has 1 aromatic carbocycles. The standard InChI is InChI=1S/C13H18N2O3S/c1-19(17,18)12-4-2-11(3-5-12)10-13(16)15-8-6-14-7-9-15/h2-5,14H,6-10H2,1H3. The molecule has 2 rings (SSSR count). The highest BCUT2D eigenvalue weighted by Gasteiger charge is 2.16. The van der Waals surface area contributed by atoms with E-state index in [1.165, 1.54) is 6.26 Å². The Morgan fingerprint density at radius 1 is 1.21 bits per heavy atom. The molecule has 0 aromatic heterocycles. The molecule has 1 heterocycles. The topological polar surface area (TPSA) is 66.5 Å². The van der Waals surface area contributed by atoms with Crippen LogP contribution in [0.2, 0.25) is 0 Å². The van der Waals surface area contributed by atoms with E-state index in [0.29, 0.717) is 6.42 Å². The lowest BCUT2D eigenvalue weighted by molar-refractivity contribution is -0.131. The Bertz CT molecular complexity index is 546. The summed E-state index contributed by atoms with van der Waals surface area (Å²) in [7, 11) is -3.17. The molecular weight excluding hydrogens is 264 g/mol. The van der Waals surface area contributed by atoms with Crippen LogP contribution in [0.5, 0.6) is 0 Å². The SMILES string of the molecule is CS(=O)(=O)c1ccc(CC(=O)N2CCNCC2)cc1. The average molecular weight is 282 g/mol. The highest BCUT2D eigenvalue weighted by Crippen LogP contribution is 2.11. The van der Waals surface area contributed by atoms with Crippen molar-refractivity contribution in [2.24, 2.45) is 0 Å². The van der Waals surface area contributed by atoms with E-state index in [1.54, 1.807) is 24.3 Å². The Labute approximate surface area is 113 Å². The molecule has 1 saturated heterocycles. The van der Waals surface area contributed by atoms with Crippen molar-refractivity contribution in [1.82, 2.24) is 10.2 Å². The van der Waals surface area contributed by atoms with Crippen molar-refractivity contribution in [3.05, 3.63) is 29.8 Å². The second kappa shape index (κ2) is 5.71. The highest BCUT2D eigenvalue weighted by molar-refractivity contribution is 7.90. The first-order valence-electron chi connectivity index (χ1n) is 6.24. The number of carbonyl (C=O) groups excluding carboxylic acids is 1. The molecule has 0 bridgehead atoms. The minimum atomic E-state index is -3.17. The lowest BCUT2D eigenvalue weighted by Crippen LogP contribution is -2.46. The van der Waals surface area contributed by atoms with Gasteiger partial charge in [-0.05, 0) is 17.7 Å². The number of carbonyl (C=O) groups is 1. The van der Waals surface area contributed by atoms with E-state index >= 15 is 0 Å². The van der Waals surface area contributed by atoms with Crippen molar-refractivity contribution >= 4 is 15.7 Å². The summed E-state index contributed by atoms with van der Waals surface area (Å²) in [6.45, 7) is 3.14. The molecule has 1 fully saturated rings. The van der Waals surface area contributed by atoms with Crippen molar-refractivity contribution < 1.29 is 13.2 Å². The molecule has 0 atom stereocenters. The minimum Gasteiger partial charge on any atom is -0.340 e. The third-order valence-electron chi connectivity index (χ3n) is 3.18. The first-order valence-corrected chi connectivity index (χ1v) is 8.13. The Morgan fingerprint density at radius 3 is 2.32 bits per heavy atom. The highest BCUT2D eigenvalue weighted by atomic mass is 32.2. The van der Waals surface area contributed by atoms with Crippen LogP contribution in [0, 0.1) is 0 Å². The summed E-state index contributed by atoms with van der Waals surface area (Å²) in [4.78, 5) is 14.1. The molecule has 1 amide bonds. The molecule has 0 aliphatic carbocycles. The Hall–Kier alpha value is -1.40. The maximum absolute atomic E-state index is 12.0. The molecule has 1 N–H and O–H groups in total. The summed E-state index contributed by atoms with van der Waals surface area (Å²) in [5.41, 5.74) is 0.843. The lowest BCUT2D eigenvalue weighted by atomic mass is 10.1. The molecule has 0 unspecified atom stereocenters. The van der Waals surface area contributed by atoms with E-state index < -0.39 is 9.84 Å². The molecule has 19 heavy (non-hydrogen) atoms. The largest absolute Gasteiger partial charge is 0.340 e. The molecule has 0 saturated carbocycles. The van der Waals surface area contributed by atoms with E-state index in [0.717, 1.165) is 31.7 Å². The van der Waals surface area contributed by atoms with Crippen molar-refractivity contribution in [1.29, 1.82) is 0 Å². The van der Waals surface area contributed by atoms with Gasteiger partial charge in [0.15, 0.2) is 9.84 Å². The zero-order valence-corrected chi connectivity index (χ0v) is 11.7. The monoisotopic (exact) mass is 282 g/mol. The van der Waals surface area contributed by atoms with Gasteiger partial charge in [0, 0.05) is 32.4 Å². The van der Waals surface area contributed by atoms with Gasteiger partial charge in [-0.2, -0.15) is 0 Å². The van der Waals surface area contributed by atoms with Gasteiger partial charge in [0.25, 0.3) is 0 Å². The van der Waals surface area contributed by atoms with Gasteiger partial charge in [0.2, 0.25) is 5.91 Å². The number of benzene rings is 1. The van der Waals surface area contributed by atoms with Crippen LogP contribution >= 0.6 is 0 Å². The Morgan fingerprint density at radius 2 is 1.79 bits per heavy atom. The first-order chi connectivity index (χ1) is 8.97. The van der Waals surface area contributed by atoms with Gasteiger partial charge >= 0.3 is 0 Å². The van der Waals surface area contributed by atoms with Gasteiger partial charge in [0.05, 0.1) is 11.3 Å².